The summed E-state index contributed by atoms with van der Waals surface area (Å²) in [5, 5.41) is 0. The quantitative estimate of drug-likeness (QED) is 0.850. The predicted molar refractivity (Wildman–Crippen MR) is 74.9 cm³/mol. The van der Waals surface area contributed by atoms with E-state index in [2.05, 4.69) is 11.9 Å². The van der Waals surface area contributed by atoms with Gasteiger partial charge in [-0.3, -0.25) is 4.90 Å². The fraction of sp³-hybridized carbons (Fsp3) is 0.600. The zero-order valence-corrected chi connectivity index (χ0v) is 11.5. The van der Waals surface area contributed by atoms with Crippen LogP contribution in [0.3, 0.4) is 0 Å². The van der Waals surface area contributed by atoms with Crippen LogP contribution in [0.5, 0.6) is 5.75 Å². The van der Waals surface area contributed by atoms with Crippen molar-refractivity contribution in [3.63, 3.8) is 0 Å². The first kappa shape index (κ1) is 12.8. The molecule has 0 saturated heterocycles. The largest absolute Gasteiger partial charge is 0.467 e. The highest BCUT2D eigenvalue weighted by atomic mass is 16.7. The van der Waals surface area contributed by atoms with Crippen LogP contribution in [0.4, 0.5) is 5.69 Å². The molecular formula is C15H22N2O2. The van der Waals surface area contributed by atoms with Gasteiger partial charge in [-0.25, -0.2) is 0 Å². The fourth-order valence-corrected chi connectivity index (χ4v) is 3.19. The van der Waals surface area contributed by atoms with Crippen LogP contribution in [0.1, 0.15) is 36.8 Å². The van der Waals surface area contributed by atoms with Gasteiger partial charge in [-0.2, -0.15) is 0 Å². The lowest BCUT2D eigenvalue weighted by molar-refractivity contribution is -0.0174. The van der Waals surface area contributed by atoms with Gasteiger partial charge in [0.1, 0.15) is 5.75 Å². The highest BCUT2D eigenvalue weighted by molar-refractivity contribution is 5.53. The van der Waals surface area contributed by atoms with Gasteiger partial charge in [0, 0.05) is 29.4 Å². The van der Waals surface area contributed by atoms with Gasteiger partial charge in [-0.15, -0.1) is 0 Å². The molecule has 4 heteroatoms. The van der Waals surface area contributed by atoms with Crippen molar-refractivity contribution in [2.45, 2.75) is 44.9 Å². The topological polar surface area (TPSA) is 47.7 Å². The highest BCUT2D eigenvalue weighted by Crippen LogP contribution is 2.33. The number of fused-ring (bicyclic) bond motifs is 1. The molecule has 0 radical (unpaired) electrons. The number of hydrogen-bond donors (Lipinski definition) is 1. The van der Waals surface area contributed by atoms with Gasteiger partial charge in [0.25, 0.3) is 0 Å². The molecule has 104 valence electrons. The highest BCUT2D eigenvalue weighted by Gasteiger charge is 2.22. The lowest BCUT2D eigenvalue weighted by atomic mass is 10.1. The molecule has 1 saturated carbocycles. The molecule has 1 heterocycles. The minimum absolute atomic E-state index is 0.344. The van der Waals surface area contributed by atoms with E-state index in [1.807, 2.05) is 12.1 Å². The molecule has 1 aliphatic carbocycles. The summed E-state index contributed by atoms with van der Waals surface area (Å²) in [6.45, 7) is 1.84. The van der Waals surface area contributed by atoms with Gasteiger partial charge in [0.05, 0.1) is 6.61 Å². The van der Waals surface area contributed by atoms with Crippen LogP contribution in [-0.2, 0) is 17.9 Å². The summed E-state index contributed by atoms with van der Waals surface area (Å²) in [6, 6.07) is 4.69. The van der Waals surface area contributed by atoms with E-state index < -0.39 is 0 Å². The Morgan fingerprint density at radius 3 is 2.89 bits per heavy atom. The van der Waals surface area contributed by atoms with Gasteiger partial charge in [0.15, 0.2) is 6.79 Å². The maximum absolute atomic E-state index is 5.98. The summed E-state index contributed by atoms with van der Waals surface area (Å²) >= 11 is 0. The molecule has 1 aliphatic heterocycles. The number of benzene rings is 1. The van der Waals surface area contributed by atoms with Gasteiger partial charge in [-0.1, -0.05) is 12.8 Å². The summed E-state index contributed by atoms with van der Waals surface area (Å²) in [5.41, 5.74) is 9.03. The van der Waals surface area contributed by atoms with Gasteiger partial charge in [-0.05, 0) is 32.0 Å². The van der Waals surface area contributed by atoms with E-state index in [1.54, 1.807) is 0 Å². The lowest BCUT2D eigenvalue weighted by Gasteiger charge is -2.27. The lowest BCUT2D eigenvalue weighted by Crippen LogP contribution is -2.29. The molecule has 0 spiro atoms. The van der Waals surface area contributed by atoms with E-state index in [1.165, 1.54) is 31.2 Å². The zero-order valence-electron chi connectivity index (χ0n) is 11.5. The molecule has 0 unspecified atom stereocenters. The normalized spacial score (nSPS) is 19.5. The molecule has 0 atom stereocenters. The molecule has 0 bridgehead atoms. The van der Waals surface area contributed by atoms with Crippen LogP contribution in [0, 0.1) is 0 Å². The first-order chi connectivity index (χ1) is 9.24. The average molecular weight is 262 g/mol. The van der Waals surface area contributed by atoms with E-state index in [4.69, 9.17) is 15.2 Å². The average Bonchev–Trinajstić information content (AvgIpc) is 2.92. The van der Waals surface area contributed by atoms with E-state index in [0.717, 1.165) is 23.5 Å². The second kappa shape index (κ2) is 5.39. The Bertz CT molecular complexity index is 456. The molecule has 1 fully saturated rings. The monoisotopic (exact) mass is 262 g/mol. The van der Waals surface area contributed by atoms with Crippen LogP contribution >= 0.6 is 0 Å². The molecule has 1 aromatic rings. The maximum Gasteiger partial charge on any atom is 0.189 e. The molecule has 2 N–H and O–H groups in total. The van der Waals surface area contributed by atoms with Crippen molar-refractivity contribution >= 4 is 5.69 Å². The molecule has 2 aliphatic rings. The summed E-state index contributed by atoms with van der Waals surface area (Å²) in [4.78, 5) is 2.43. The smallest absolute Gasteiger partial charge is 0.189 e. The Hall–Kier alpha value is -1.26. The van der Waals surface area contributed by atoms with Crippen LogP contribution in [0.25, 0.3) is 0 Å². The third-order valence-electron chi connectivity index (χ3n) is 4.18. The minimum Gasteiger partial charge on any atom is -0.467 e. The van der Waals surface area contributed by atoms with Gasteiger partial charge >= 0.3 is 0 Å². The molecule has 0 aromatic heterocycles. The van der Waals surface area contributed by atoms with Crippen LogP contribution < -0.4 is 10.5 Å². The van der Waals surface area contributed by atoms with E-state index in [-0.39, 0.29) is 0 Å². The number of nitrogens with two attached hydrogens (primary N) is 1. The first-order valence-electron chi connectivity index (χ1n) is 7.06. The van der Waals surface area contributed by atoms with Crippen molar-refractivity contribution in [2.75, 3.05) is 19.6 Å². The van der Waals surface area contributed by atoms with Crippen molar-refractivity contribution in [1.29, 1.82) is 0 Å². The van der Waals surface area contributed by atoms with Crippen molar-refractivity contribution in [3.05, 3.63) is 23.3 Å². The Morgan fingerprint density at radius 1 is 1.32 bits per heavy atom. The third kappa shape index (κ3) is 2.69. The summed E-state index contributed by atoms with van der Waals surface area (Å²) in [5.74, 6) is 0.977. The summed E-state index contributed by atoms with van der Waals surface area (Å²) < 4.78 is 11.0. The van der Waals surface area contributed by atoms with Gasteiger partial charge < -0.3 is 15.2 Å². The Balaban J connectivity index is 1.81. The first-order valence-corrected chi connectivity index (χ1v) is 7.06. The number of nitrogen functional groups attached to an aromatic ring is 1. The van der Waals surface area contributed by atoms with Crippen LogP contribution in [0.2, 0.25) is 0 Å². The summed E-state index contributed by atoms with van der Waals surface area (Å²) in [7, 11) is 2.20. The predicted octanol–water partition coefficient (Wildman–Crippen LogP) is 2.51. The minimum atomic E-state index is 0.344. The van der Waals surface area contributed by atoms with Crippen molar-refractivity contribution in [3.8, 4) is 5.75 Å². The fourth-order valence-electron chi connectivity index (χ4n) is 3.19. The Kier molecular flexibility index (Phi) is 3.62. The van der Waals surface area contributed by atoms with Crippen molar-refractivity contribution in [2.24, 2.45) is 0 Å². The second-order valence-corrected chi connectivity index (χ2v) is 5.63. The maximum atomic E-state index is 5.98. The third-order valence-corrected chi connectivity index (χ3v) is 4.18. The molecular weight excluding hydrogens is 240 g/mol. The summed E-state index contributed by atoms with van der Waals surface area (Å²) in [6.07, 6.45) is 5.33. The van der Waals surface area contributed by atoms with Crippen LogP contribution in [0.15, 0.2) is 12.1 Å². The second-order valence-electron chi connectivity index (χ2n) is 5.63. The van der Waals surface area contributed by atoms with E-state index in [0.29, 0.717) is 19.4 Å². The number of hydrogen-bond acceptors (Lipinski definition) is 4. The Morgan fingerprint density at radius 2 is 2.11 bits per heavy atom. The molecule has 4 nitrogen and oxygen atoms in total. The number of rotatable bonds is 3. The number of nitrogens with zero attached hydrogens (tertiary/aromatic N) is 1. The van der Waals surface area contributed by atoms with Crippen molar-refractivity contribution in [1.82, 2.24) is 4.90 Å². The Labute approximate surface area is 114 Å². The van der Waals surface area contributed by atoms with Crippen molar-refractivity contribution < 1.29 is 9.47 Å². The molecule has 0 amide bonds. The number of ether oxygens (including phenoxy) is 2. The molecule has 19 heavy (non-hydrogen) atoms. The zero-order chi connectivity index (χ0) is 13.2. The standard InChI is InChI=1S/C15H22N2O2/c1-17(14-4-2-3-5-14)8-11-6-13(16)7-12-9-18-10-19-15(11)12/h6-7,14H,2-5,8-10,16H2,1H3. The van der Waals surface area contributed by atoms with E-state index in [9.17, 15) is 0 Å². The molecule has 1 aromatic carbocycles. The molecule has 3 rings (SSSR count). The van der Waals surface area contributed by atoms with E-state index >= 15 is 0 Å². The van der Waals surface area contributed by atoms with Crippen LogP contribution in [-0.4, -0.2) is 24.8 Å². The van der Waals surface area contributed by atoms with Gasteiger partial charge in [0.2, 0.25) is 0 Å². The SMILES string of the molecule is CN(Cc1cc(N)cc2c1OCOC2)C1CCCC1. The number of anilines is 1.